The Morgan fingerprint density at radius 3 is 2.50 bits per heavy atom. The number of nitrogens with one attached hydrogen (secondary N) is 2. The van der Waals surface area contributed by atoms with E-state index in [1.807, 2.05) is 24.4 Å². The van der Waals surface area contributed by atoms with E-state index in [2.05, 4.69) is 19.7 Å². The quantitative estimate of drug-likeness (QED) is 0.768. The first-order valence-corrected chi connectivity index (χ1v) is 8.00. The molecule has 0 saturated carbocycles. The number of aromatic nitrogens is 3. The van der Waals surface area contributed by atoms with Gasteiger partial charge >= 0.3 is 10.2 Å². The molecule has 0 unspecified atom stereocenters. The fourth-order valence-corrected chi connectivity index (χ4v) is 2.66. The van der Waals surface area contributed by atoms with Gasteiger partial charge in [-0.3, -0.25) is 4.72 Å². The van der Waals surface area contributed by atoms with Crippen LogP contribution in [0.3, 0.4) is 0 Å². The number of hydrogen-bond acceptors (Lipinski definition) is 4. The minimum absolute atomic E-state index is 0.497. The van der Waals surface area contributed by atoms with Gasteiger partial charge in [-0.15, -0.1) is 0 Å². The molecular formula is C14H15N5O2S. The highest BCUT2D eigenvalue weighted by molar-refractivity contribution is 7.90. The molecule has 0 atom stereocenters. The molecule has 0 bridgehead atoms. The molecule has 0 saturated heterocycles. The zero-order chi connectivity index (χ0) is 15.7. The summed E-state index contributed by atoms with van der Waals surface area (Å²) in [7, 11) is -0.557. The van der Waals surface area contributed by atoms with Crippen LogP contribution >= 0.6 is 0 Å². The Balaban J connectivity index is 1.94. The van der Waals surface area contributed by atoms with E-state index in [0.29, 0.717) is 5.69 Å². The van der Waals surface area contributed by atoms with Gasteiger partial charge in [0.25, 0.3) is 0 Å². The van der Waals surface area contributed by atoms with Gasteiger partial charge in [0, 0.05) is 36.9 Å². The number of anilines is 1. The Labute approximate surface area is 128 Å². The van der Waals surface area contributed by atoms with Crippen molar-refractivity contribution < 1.29 is 8.42 Å². The van der Waals surface area contributed by atoms with Crippen LogP contribution in [-0.4, -0.2) is 41.8 Å². The lowest BCUT2D eigenvalue weighted by atomic mass is 10.1. The van der Waals surface area contributed by atoms with Crippen LogP contribution in [0.4, 0.5) is 5.69 Å². The fraction of sp³-hybridized carbons (Fsp3) is 0.143. The number of rotatable bonds is 4. The van der Waals surface area contributed by atoms with Gasteiger partial charge in [0.15, 0.2) is 0 Å². The number of hydrogen-bond donors (Lipinski definition) is 2. The number of benzene rings is 1. The zero-order valence-corrected chi connectivity index (χ0v) is 12.9. The molecule has 2 heterocycles. The van der Waals surface area contributed by atoms with Crippen LogP contribution in [0, 0.1) is 0 Å². The van der Waals surface area contributed by atoms with E-state index in [9.17, 15) is 8.42 Å². The van der Waals surface area contributed by atoms with Crippen molar-refractivity contribution in [3.8, 4) is 11.3 Å². The van der Waals surface area contributed by atoms with E-state index >= 15 is 0 Å². The summed E-state index contributed by atoms with van der Waals surface area (Å²) in [5.74, 6) is 0. The second kappa shape index (κ2) is 5.39. The average Bonchev–Trinajstić information content (AvgIpc) is 2.96. The van der Waals surface area contributed by atoms with Crippen LogP contribution in [0.15, 0.2) is 42.9 Å². The van der Waals surface area contributed by atoms with Gasteiger partial charge in [-0.1, -0.05) is 12.1 Å². The van der Waals surface area contributed by atoms with Gasteiger partial charge in [-0.2, -0.15) is 12.7 Å². The Bertz CT molecular complexity index is 900. The number of H-pyrrole nitrogens is 1. The maximum Gasteiger partial charge on any atom is 0.301 e. The van der Waals surface area contributed by atoms with Crippen molar-refractivity contribution in [1.82, 2.24) is 19.3 Å². The molecule has 0 aliphatic rings. The smallest absolute Gasteiger partial charge is 0.301 e. The number of fused-ring (bicyclic) bond motifs is 1. The summed E-state index contributed by atoms with van der Waals surface area (Å²) in [6.45, 7) is 0. The van der Waals surface area contributed by atoms with Crippen molar-refractivity contribution in [2.24, 2.45) is 0 Å². The van der Waals surface area contributed by atoms with Crippen molar-refractivity contribution in [3.63, 3.8) is 0 Å². The Morgan fingerprint density at radius 2 is 1.82 bits per heavy atom. The van der Waals surface area contributed by atoms with Crippen LogP contribution in [0.1, 0.15) is 0 Å². The Kier molecular flexibility index (Phi) is 3.55. The standard InChI is InChI=1S/C14H15N5O2S/c1-19(2)22(20,21)18-11-5-3-10(4-6-11)13-12-7-8-15-14(12)17-9-16-13/h3-9,18H,1-2H3,(H,15,16,17). The molecule has 2 aromatic heterocycles. The lowest BCUT2D eigenvalue weighted by Crippen LogP contribution is -2.28. The molecule has 0 aliphatic heterocycles. The predicted molar refractivity (Wildman–Crippen MR) is 85.6 cm³/mol. The van der Waals surface area contributed by atoms with Crippen molar-refractivity contribution in [3.05, 3.63) is 42.9 Å². The Morgan fingerprint density at radius 1 is 1.09 bits per heavy atom. The molecule has 22 heavy (non-hydrogen) atoms. The second-order valence-corrected chi connectivity index (χ2v) is 6.81. The van der Waals surface area contributed by atoms with E-state index < -0.39 is 10.2 Å². The van der Waals surface area contributed by atoms with Gasteiger partial charge in [0.05, 0.1) is 5.69 Å². The first kappa shape index (κ1) is 14.5. The maximum atomic E-state index is 11.8. The predicted octanol–water partition coefficient (Wildman–Crippen LogP) is 1.84. The molecule has 8 heteroatoms. The molecule has 114 valence electrons. The summed E-state index contributed by atoms with van der Waals surface area (Å²) in [5, 5.41) is 0.920. The zero-order valence-electron chi connectivity index (χ0n) is 12.1. The van der Waals surface area contributed by atoms with Crippen molar-refractivity contribution >= 4 is 26.9 Å². The molecule has 0 fully saturated rings. The summed E-state index contributed by atoms with van der Waals surface area (Å²) in [6, 6.07) is 8.96. The van der Waals surface area contributed by atoms with Gasteiger partial charge in [0.2, 0.25) is 0 Å². The molecule has 2 N–H and O–H groups in total. The van der Waals surface area contributed by atoms with Gasteiger partial charge < -0.3 is 4.98 Å². The van der Waals surface area contributed by atoms with Gasteiger partial charge in [0.1, 0.15) is 12.0 Å². The van der Waals surface area contributed by atoms with Crippen LogP contribution in [0.2, 0.25) is 0 Å². The summed E-state index contributed by atoms with van der Waals surface area (Å²) in [6.07, 6.45) is 3.30. The van der Waals surface area contributed by atoms with E-state index in [-0.39, 0.29) is 0 Å². The summed E-state index contributed by atoms with van der Waals surface area (Å²) in [5.41, 5.74) is 2.95. The first-order chi connectivity index (χ1) is 10.5. The number of aromatic amines is 1. The summed E-state index contributed by atoms with van der Waals surface area (Å²) < 4.78 is 27.2. The highest BCUT2D eigenvalue weighted by atomic mass is 32.2. The molecule has 0 spiro atoms. The summed E-state index contributed by atoms with van der Waals surface area (Å²) >= 11 is 0. The molecule has 7 nitrogen and oxygen atoms in total. The highest BCUT2D eigenvalue weighted by Gasteiger charge is 2.13. The Hall–Kier alpha value is -2.45. The fourth-order valence-electron chi connectivity index (χ4n) is 2.04. The molecule has 1 aromatic carbocycles. The monoisotopic (exact) mass is 317 g/mol. The molecule has 0 aliphatic carbocycles. The molecular weight excluding hydrogens is 302 g/mol. The second-order valence-electron chi connectivity index (χ2n) is 4.93. The van der Waals surface area contributed by atoms with Crippen molar-refractivity contribution in [1.29, 1.82) is 0 Å². The third kappa shape index (κ3) is 2.66. The third-order valence-corrected chi connectivity index (χ3v) is 4.69. The van der Waals surface area contributed by atoms with E-state index in [1.165, 1.54) is 20.4 Å². The summed E-state index contributed by atoms with van der Waals surface area (Å²) in [4.78, 5) is 11.5. The lowest BCUT2D eigenvalue weighted by molar-refractivity contribution is 0.527. The van der Waals surface area contributed by atoms with Crippen LogP contribution in [0.5, 0.6) is 0 Å². The van der Waals surface area contributed by atoms with Crippen LogP contribution < -0.4 is 4.72 Å². The van der Waals surface area contributed by atoms with E-state index in [4.69, 9.17) is 0 Å². The minimum atomic E-state index is -3.50. The van der Waals surface area contributed by atoms with Gasteiger partial charge in [-0.05, 0) is 18.2 Å². The normalized spacial score (nSPS) is 12.0. The van der Waals surface area contributed by atoms with E-state index in [1.54, 1.807) is 12.1 Å². The molecule has 3 rings (SSSR count). The topological polar surface area (TPSA) is 91.0 Å². The van der Waals surface area contributed by atoms with Gasteiger partial charge in [-0.25, -0.2) is 9.97 Å². The molecule has 3 aromatic rings. The lowest BCUT2D eigenvalue weighted by Gasteiger charge is -2.13. The molecule has 0 radical (unpaired) electrons. The van der Waals surface area contributed by atoms with E-state index in [0.717, 1.165) is 26.6 Å². The largest absolute Gasteiger partial charge is 0.346 e. The number of nitrogens with zero attached hydrogens (tertiary/aromatic N) is 3. The van der Waals surface area contributed by atoms with Crippen molar-refractivity contribution in [2.75, 3.05) is 18.8 Å². The van der Waals surface area contributed by atoms with Crippen LogP contribution in [-0.2, 0) is 10.2 Å². The minimum Gasteiger partial charge on any atom is -0.346 e. The van der Waals surface area contributed by atoms with Crippen LogP contribution in [0.25, 0.3) is 22.3 Å². The maximum absolute atomic E-state index is 11.8. The average molecular weight is 317 g/mol. The third-order valence-electron chi connectivity index (χ3n) is 3.24. The molecule has 0 amide bonds. The SMILES string of the molecule is CN(C)S(=O)(=O)Nc1ccc(-c2ncnc3[nH]ccc23)cc1. The first-order valence-electron chi connectivity index (χ1n) is 6.56. The highest BCUT2D eigenvalue weighted by Crippen LogP contribution is 2.26. The van der Waals surface area contributed by atoms with Crippen molar-refractivity contribution in [2.45, 2.75) is 0 Å².